The lowest BCUT2D eigenvalue weighted by Crippen LogP contribution is -2.29. The highest BCUT2D eigenvalue weighted by molar-refractivity contribution is 8.00. The summed E-state index contributed by atoms with van der Waals surface area (Å²) in [5.74, 6) is 0.174. The van der Waals surface area contributed by atoms with Crippen LogP contribution in [-0.4, -0.2) is 40.2 Å². The normalized spacial score (nSPS) is 19.3. The van der Waals surface area contributed by atoms with E-state index in [1.165, 1.54) is 28.0 Å². The van der Waals surface area contributed by atoms with Crippen molar-refractivity contribution in [3.8, 4) is 11.5 Å². The number of thioether (sulfide) groups is 1. The maximum atomic E-state index is 13.5. The highest BCUT2D eigenvalue weighted by Gasteiger charge is 2.48. The summed E-state index contributed by atoms with van der Waals surface area (Å²) in [5, 5.41) is 21.0. The molecule has 3 aromatic carbocycles. The number of benzene rings is 3. The predicted molar refractivity (Wildman–Crippen MR) is 159 cm³/mol. The van der Waals surface area contributed by atoms with Gasteiger partial charge in [0.05, 0.1) is 18.7 Å². The molecular weight excluding hydrogens is 582 g/mol. The molecule has 1 fully saturated rings. The molecule has 0 unspecified atom stereocenters. The first-order chi connectivity index (χ1) is 19.8. The maximum absolute atomic E-state index is 13.5. The number of methoxy groups -OCH3 is 1. The second kappa shape index (κ2) is 11.2. The van der Waals surface area contributed by atoms with Gasteiger partial charge in [0, 0.05) is 22.8 Å². The van der Waals surface area contributed by atoms with Gasteiger partial charge in [-0.2, -0.15) is 0 Å². The highest BCUT2D eigenvalue weighted by Crippen LogP contribution is 2.45. The van der Waals surface area contributed by atoms with Crippen LogP contribution in [0.1, 0.15) is 35.2 Å². The maximum Gasteiger partial charge on any atom is 0.301 e. The van der Waals surface area contributed by atoms with E-state index in [9.17, 15) is 14.7 Å². The van der Waals surface area contributed by atoms with Gasteiger partial charge in [-0.15, -0.1) is 10.2 Å². The van der Waals surface area contributed by atoms with Crippen LogP contribution in [0.25, 0.3) is 5.76 Å². The van der Waals surface area contributed by atoms with Crippen LogP contribution in [0.3, 0.4) is 0 Å². The van der Waals surface area contributed by atoms with Gasteiger partial charge in [-0.1, -0.05) is 59.0 Å². The molecule has 2 atom stereocenters. The zero-order valence-electron chi connectivity index (χ0n) is 22.0. The topological polar surface area (TPSA) is 102 Å². The number of carbonyl (C=O) groups excluding carboxylic acids is 2. The highest BCUT2D eigenvalue weighted by atomic mass is 35.5. The number of fused-ring (bicyclic) bond motifs is 1. The first kappa shape index (κ1) is 27.3. The number of carbonyl (C=O) groups is 2. The number of halogens is 1. The Balaban J connectivity index is 1.38. The van der Waals surface area contributed by atoms with Gasteiger partial charge in [0.15, 0.2) is 4.34 Å². The minimum absolute atomic E-state index is 0.0161. The lowest BCUT2D eigenvalue weighted by atomic mass is 9.94. The summed E-state index contributed by atoms with van der Waals surface area (Å²) < 4.78 is 11.7. The Labute approximate surface area is 249 Å². The smallest absolute Gasteiger partial charge is 0.301 e. The van der Waals surface area contributed by atoms with Crippen LogP contribution >= 0.6 is 34.7 Å². The number of ketones is 1. The molecule has 8 nitrogen and oxygen atoms in total. The van der Waals surface area contributed by atoms with Crippen LogP contribution in [0.4, 0.5) is 5.13 Å². The summed E-state index contributed by atoms with van der Waals surface area (Å²) in [6.07, 6.45) is 0.713. The molecule has 11 heteroatoms. The first-order valence-electron chi connectivity index (χ1n) is 12.8. The Morgan fingerprint density at radius 1 is 1.12 bits per heavy atom. The van der Waals surface area contributed by atoms with Crippen molar-refractivity contribution in [1.82, 2.24) is 10.2 Å². The Morgan fingerprint density at radius 2 is 1.88 bits per heavy atom. The fourth-order valence-corrected chi connectivity index (χ4v) is 6.89. The summed E-state index contributed by atoms with van der Waals surface area (Å²) in [5.41, 5.74) is 3.04. The number of amides is 1. The van der Waals surface area contributed by atoms with Crippen molar-refractivity contribution < 1.29 is 24.2 Å². The minimum atomic E-state index is -0.911. The van der Waals surface area contributed by atoms with Crippen LogP contribution in [0.2, 0.25) is 5.02 Å². The van der Waals surface area contributed by atoms with E-state index in [4.69, 9.17) is 21.1 Å². The number of Topliss-reactive ketones (excluding diaryl/α,β-unsaturated/α-hetero) is 1. The van der Waals surface area contributed by atoms with E-state index < -0.39 is 17.7 Å². The van der Waals surface area contributed by atoms with E-state index in [0.717, 1.165) is 16.9 Å². The van der Waals surface area contributed by atoms with Gasteiger partial charge < -0.3 is 14.6 Å². The van der Waals surface area contributed by atoms with Crippen LogP contribution in [0.5, 0.6) is 11.5 Å². The predicted octanol–water partition coefficient (Wildman–Crippen LogP) is 6.44. The van der Waals surface area contributed by atoms with Gasteiger partial charge in [0.25, 0.3) is 5.78 Å². The van der Waals surface area contributed by atoms with Crippen molar-refractivity contribution in [1.29, 1.82) is 0 Å². The number of aliphatic hydroxyl groups excluding tert-OH is 1. The molecule has 0 radical (unpaired) electrons. The number of aromatic nitrogens is 2. The first-order valence-corrected chi connectivity index (χ1v) is 15.0. The van der Waals surface area contributed by atoms with Gasteiger partial charge in [-0.3, -0.25) is 14.5 Å². The van der Waals surface area contributed by atoms with Crippen LogP contribution in [0.15, 0.2) is 76.6 Å². The van der Waals surface area contributed by atoms with E-state index >= 15 is 0 Å². The van der Waals surface area contributed by atoms with E-state index in [1.807, 2.05) is 37.3 Å². The molecule has 1 saturated heterocycles. The van der Waals surface area contributed by atoms with E-state index in [0.29, 0.717) is 38.4 Å². The van der Waals surface area contributed by atoms with Gasteiger partial charge in [0.1, 0.15) is 23.4 Å². The molecule has 6 rings (SSSR count). The van der Waals surface area contributed by atoms with Crippen LogP contribution in [-0.2, 0) is 21.8 Å². The molecule has 1 amide bonds. The third-order valence-corrected chi connectivity index (χ3v) is 9.30. The summed E-state index contributed by atoms with van der Waals surface area (Å²) in [7, 11) is 1.56. The minimum Gasteiger partial charge on any atom is -0.507 e. The number of aliphatic hydroxyl groups is 1. The van der Waals surface area contributed by atoms with Gasteiger partial charge >= 0.3 is 5.91 Å². The summed E-state index contributed by atoms with van der Waals surface area (Å²) in [6, 6.07) is 18.9. The monoisotopic (exact) mass is 605 g/mol. The molecule has 1 N–H and O–H groups in total. The zero-order chi connectivity index (χ0) is 28.7. The molecule has 4 aromatic rings. The molecule has 1 aromatic heterocycles. The SMILES string of the molecule is COc1ccc([C@@H]2/C(=C(\O)c3ccc4c(c3)C[C@@H](C)O4)C(=O)C(=O)N2c2nnc(SCc3ccc(Cl)cc3)s2)cc1. The Bertz CT molecular complexity index is 1670. The summed E-state index contributed by atoms with van der Waals surface area (Å²) in [6.45, 7) is 1.97. The van der Waals surface area contributed by atoms with Crippen molar-refractivity contribution in [2.45, 2.75) is 35.6 Å². The number of hydrogen-bond acceptors (Lipinski definition) is 9. The average Bonchev–Trinajstić information content (AvgIpc) is 3.67. The molecule has 208 valence electrons. The quantitative estimate of drug-likeness (QED) is 0.0844. The van der Waals surface area contributed by atoms with Crippen molar-refractivity contribution in [2.24, 2.45) is 0 Å². The average molecular weight is 606 g/mol. The summed E-state index contributed by atoms with van der Waals surface area (Å²) >= 11 is 8.67. The largest absolute Gasteiger partial charge is 0.507 e. The summed E-state index contributed by atoms with van der Waals surface area (Å²) in [4.78, 5) is 28.4. The second-order valence-electron chi connectivity index (χ2n) is 9.66. The lowest BCUT2D eigenvalue weighted by molar-refractivity contribution is -0.132. The number of anilines is 1. The molecule has 0 aliphatic carbocycles. The number of nitrogens with zero attached hydrogens (tertiary/aromatic N) is 3. The van der Waals surface area contributed by atoms with Gasteiger partial charge in [-0.05, 0) is 66.1 Å². The number of ether oxygens (including phenoxy) is 2. The Hall–Kier alpha value is -3.86. The molecular formula is C30H24ClN3O5S2. The molecule has 0 spiro atoms. The number of hydrogen-bond donors (Lipinski definition) is 1. The Morgan fingerprint density at radius 3 is 2.61 bits per heavy atom. The number of rotatable bonds is 7. The third kappa shape index (κ3) is 5.30. The molecule has 0 bridgehead atoms. The fraction of sp³-hybridized carbons (Fsp3) is 0.200. The van der Waals surface area contributed by atoms with E-state index in [1.54, 1.807) is 43.5 Å². The van der Waals surface area contributed by atoms with Crippen molar-refractivity contribution in [2.75, 3.05) is 12.0 Å². The van der Waals surface area contributed by atoms with Gasteiger partial charge in [0.2, 0.25) is 5.13 Å². The molecule has 0 saturated carbocycles. The lowest BCUT2D eigenvalue weighted by Gasteiger charge is -2.22. The van der Waals surface area contributed by atoms with E-state index in [2.05, 4.69) is 10.2 Å². The molecule has 2 aliphatic heterocycles. The molecule has 2 aliphatic rings. The van der Waals surface area contributed by atoms with E-state index in [-0.39, 0.29) is 22.6 Å². The van der Waals surface area contributed by atoms with Gasteiger partial charge in [-0.25, -0.2) is 0 Å². The molecule has 3 heterocycles. The standard InChI is InChI=1S/C30H24ClN3O5S2/c1-16-13-20-14-19(7-12-23(20)39-16)26(35)24-25(18-5-10-22(38-2)11-6-18)34(28(37)27(24)36)29-32-33-30(41-29)40-15-17-3-8-21(31)9-4-17/h3-12,14,16,25,35H,13,15H2,1-2H3/b26-24+/t16-,25-/m1/s1. The zero-order valence-corrected chi connectivity index (χ0v) is 24.4. The molecule has 41 heavy (non-hydrogen) atoms. The van der Waals surface area contributed by atoms with Crippen molar-refractivity contribution in [3.05, 3.63) is 99.6 Å². The fourth-order valence-electron chi connectivity index (χ4n) is 4.94. The van der Waals surface area contributed by atoms with Crippen LogP contribution < -0.4 is 14.4 Å². The third-order valence-electron chi connectivity index (χ3n) is 6.92. The van der Waals surface area contributed by atoms with Crippen molar-refractivity contribution in [3.63, 3.8) is 0 Å². The van der Waals surface area contributed by atoms with Crippen LogP contribution in [0, 0.1) is 0 Å². The Kier molecular flexibility index (Phi) is 7.46. The van der Waals surface area contributed by atoms with Crippen molar-refractivity contribution >= 4 is 57.3 Å². The second-order valence-corrected chi connectivity index (χ2v) is 12.3.